The number of halogens is 1. The van der Waals surface area contributed by atoms with Crippen molar-refractivity contribution in [1.29, 1.82) is 0 Å². The molecule has 0 spiro atoms. The molecule has 0 amide bonds. The Morgan fingerprint density at radius 1 is 1.28 bits per heavy atom. The molecule has 0 aliphatic heterocycles. The van der Waals surface area contributed by atoms with Gasteiger partial charge in [0.05, 0.1) is 0 Å². The van der Waals surface area contributed by atoms with Gasteiger partial charge in [0.15, 0.2) is 0 Å². The second kappa shape index (κ2) is 5.94. The molecule has 0 heterocycles. The van der Waals surface area contributed by atoms with Crippen molar-refractivity contribution in [2.24, 2.45) is 5.92 Å². The summed E-state index contributed by atoms with van der Waals surface area (Å²) >= 11 is 5.98. The molecule has 3 heteroatoms. The van der Waals surface area contributed by atoms with Crippen LogP contribution >= 0.6 is 11.6 Å². The third-order valence-corrected chi connectivity index (χ3v) is 4.31. The lowest BCUT2D eigenvalue weighted by atomic mass is 9.86. The predicted octanol–water partition coefficient (Wildman–Crippen LogP) is 4.06. The molecule has 0 unspecified atom stereocenters. The van der Waals surface area contributed by atoms with Crippen LogP contribution in [0, 0.1) is 5.92 Å². The van der Waals surface area contributed by atoms with Gasteiger partial charge in [-0.15, -0.1) is 0 Å². The fraction of sp³-hybridized carbons (Fsp3) is 0.600. The number of hydrogen-bond donors (Lipinski definition) is 1. The van der Waals surface area contributed by atoms with Crippen LogP contribution in [0.1, 0.15) is 38.2 Å². The van der Waals surface area contributed by atoms with Crippen LogP contribution in [0.25, 0.3) is 0 Å². The van der Waals surface area contributed by atoms with E-state index in [9.17, 15) is 5.11 Å². The predicted molar refractivity (Wildman–Crippen MR) is 76.0 cm³/mol. The van der Waals surface area contributed by atoms with Crippen molar-refractivity contribution in [3.05, 3.63) is 28.8 Å². The first-order valence-corrected chi connectivity index (χ1v) is 7.11. The molecule has 1 fully saturated rings. The van der Waals surface area contributed by atoms with E-state index in [0.29, 0.717) is 16.8 Å². The largest absolute Gasteiger partial charge is 0.508 e. The molecule has 1 aromatic carbocycles. The highest BCUT2D eigenvalue weighted by Gasteiger charge is 2.22. The molecule has 2 nitrogen and oxygen atoms in total. The molecule has 0 atom stereocenters. The Kier molecular flexibility index (Phi) is 4.52. The minimum absolute atomic E-state index is 0.343. The Balaban J connectivity index is 1.98. The van der Waals surface area contributed by atoms with Crippen molar-refractivity contribution >= 4 is 11.6 Å². The molecule has 0 radical (unpaired) electrons. The third kappa shape index (κ3) is 3.39. The minimum Gasteiger partial charge on any atom is -0.508 e. The number of benzene rings is 1. The van der Waals surface area contributed by atoms with E-state index in [2.05, 4.69) is 18.9 Å². The van der Waals surface area contributed by atoms with Gasteiger partial charge < -0.3 is 5.11 Å². The molecular formula is C15H22ClNO. The van der Waals surface area contributed by atoms with Crippen molar-refractivity contribution in [1.82, 2.24) is 4.90 Å². The molecular weight excluding hydrogens is 246 g/mol. The molecule has 0 aromatic heterocycles. The van der Waals surface area contributed by atoms with Gasteiger partial charge in [0.2, 0.25) is 0 Å². The van der Waals surface area contributed by atoms with Crippen LogP contribution in [0.2, 0.25) is 5.02 Å². The zero-order valence-corrected chi connectivity index (χ0v) is 12.0. The van der Waals surface area contributed by atoms with Crippen LogP contribution in [-0.4, -0.2) is 23.1 Å². The van der Waals surface area contributed by atoms with Crippen molar-refractivity contribution in [2.45, 2.75) is 45.2 Å². The number of aromatic hydroxyl groups is 1. The Morgan fingerprint density at radius 3 is 2.61 bits per heavy atom. The van der Waals surface area contributed by atoms with Gasteiger partial charge in [-0.1, -0.05) is 18.5 Å². The second-order valence-electron chi connectivity index (χ2n) is 5.60. The van der Waals surface area contributed by atoms with Crippen LogP contribution in [0.3, 0.4) is 0 Å². The van der Waals surface area contributed by atoms with Gasteiger partial charge in [-0.3, -0.25) is 4.90 Å². The highest BCUT2D eigenvalue weighted by Crippen LogP contribution is 2.29. The summed E-state index contributed by atoms with van der Waals surface area (Å²) < 4.78 is 0. The van der Waals surface area contributed by atoms with Crippen molar-refractivity contribution in [2.75, 3.05) is 7.05 Å². The van der Waals surface area contributed by atoms with Crippen LogP contribution in [0.4, 0.5) is 0 Å². The summed E-state index contributed by atoms with van der Waals surface area (Å²) in [7, 11) is 2.14. The van der Waals surface area contributed by atoms with E-state index < -0.39 is 0 Å². The number of nitrogens with zero attached hydrogens (tertiary/aromatic N) is 1. The fourth-order valence-electron chi connectivity index (χ4n) is 2.76. The zero-order chi connectivity index (χ0) is 13.1. The van der Waals surface area contributed by atoms with Gasteiger partial charge in [-0.25, -0.2) is 0 Å². The first kappa shape index (κ1) is 13.7. The molecule has 0 bridgehead atoms. The van der Waals surface area contributed by atoms with Gasteiger partial charge in [-0.2, -0.15) is 0 Å². The lowest BCUT2D eigenvalue weighted by Crippen LogP contribution is -2.34. The quantitative estimate of drug-likeness (QED) is 0.893. The molecule has 18 heavy (non-hydrogen) atoms. The van der Waals surface area contributed by atoms with Gasteiger partial charge in [0.25, 0.3) is 0 Å². The normalized spacial score (nSPS) is 24.4. The molecule has 1 aliphatic carbocycles. The van der Waals surface area contributed by atoms with E-state index in [1.165, 1.54) is 25.7 Å². The molecule has 1 aliphatic rings. The smallest absolute Gasteiger partial charge is 0.120 e. The maximum atomic E-state index is 9.84. The lowest BCUT2D eigenvalue weighted by Gasteiger charge is -2.33. The summed E-state index contributed by atoms with van der Waals surface area (Å²) in [6.07, 6.45) is 5.16. The Morgan fingerprint density at radius 2 is 1.94 bits per heavy atom. The number of hydrogen-bond acceptors (Lipinski definition) is 2. The van der Waals surface area contributed by atoms with E-state index in [0.717, 1.165) is 18.0 Å². The van der Waals surface area contributed by atoms with E-state index in [-0.39, 0.29) is 0 Å². The van der Waals surface area contributed by atoms with Crippen LogP contribution in [0.5, 0.6) is 5.75 Å². The molecule has 1 aromatic rings. The number of phenols is 1. The molecule has 100 valence electrons. The van der Waals surface area contributed by atoms with Crippen LogP contribution < -0.4 is 0 Å². The SMILES string of the molecule is CC1CCC(N(C)Cc2cc(Cl)ccc2O)CC1. The first-order valence-electron chi connectivity index (χ1n) is 6.74. The lowest BCUT2D eigenvalue weighted by molar-refractivity contribution is 0.162. The average Bonchev–Trinajstić information content (AvgIpc) is 2.34. The standard InChI is InChI=1S/C15H22ClNO/c1-11-3-6-14(7-4-11)17(2)10-12-9-13(16)5-8-15(12)18/h5,8-9,11,14,18H,3-4,6-7,10H2,1-2H3. The minimum atomic E-state index is 0.343. The Bertz CT molecular complexity index is 399. The summed E-state index contributed by atoms with van der Waals surface area (Å²) in [5, 5.41) is 10.5. The summed E-state index contributed by atoms with van der Waals surface area (Å²) in [5.74, 6) is 1.21. The third-order valence-electron chi connectivity index (χ3n) is 4.07. The van der Waals surface area contributed by atoms with Gasteiger partial charge in [0, 0.05) is 23.2 Å². The number of rotatable bonds is 3. The summed E-state index contributed by atoms with van der Waals surface area (Å²) in [4.78, 5) is 2.34. The van der Waals surface area contributed by atoms with Gasteiger partial charge in [-0.05, 0) is 56.8 Å². The highest BCUT2D eigenvalue weighted by molar-refractivity contribution is 6.30. The topological polar surface area (TPSA) is 23.5 Å². The van der Waals surface area contributed by atoms with Crippen LogP contribution in [0.15, 0.2) is 18.2 Å². The highest BCUT2D eigenvalue weighted by atomic mass is 35.5. The Labute approximate surface area is 115 Å². The monoisotopic (exact) mass is 267 g/mol. The Hall–Kier alpha value is -0.730. The summed E-state index contributed by atoms with van der Waals surface area (Å²) in [6, 6.07) is 5.90. The van der Waals surface area contributed by atoms with Crippen molar-refractivity contribution in [3.63, 3.8) is 0 Å². The maximum absolute atomic E-state index is 9.84. The zero-order valence-electron chi connectivity index (χ0n) is 11.2. The second-order valence-corrected chi connectivity index (χ2v) is 6.04. The van der Waals surface area contributed by atoms with Crippen molar-refractivity contribution < 1.29 is 5.11 Å². The first-order chi connectivity index (χ1) is 8.56. The van der Waals surface area contributed by atoms with E-state index in [1.807, 2.05) is 6.07 Å². The van der Waals surface area contributed by atoms with E-state index in [1.54, 1.807) is 12.1 Å². The molecule has 0 saturated heterocycles. The molecule has 1 saturated carbocycles. The molecule has 2 rings (SSSR count). The van der Waals surface area contributed by atoms with Gasteiger partial charge >= 0.3 is 0 Å². The summed E-state index contributed by atoms with van der Waals surface area (Å²) in [5.41, 5.74) is 0.920. The van der Waals surface area contributed by atoms with Crippen LogP contribution in [-0.2, 0) is 6.54 Å². The fourth-order valence-corrected chi connectivity index (χ4v) is 2.96. The maximum Gasteiger partial charge on any atom is 0.120 e. The van der Waals surface area contributed by atoms with Gasteiger partial charge in [0.1, 0.15) is 5.75 Å². The average molecular weight is 268 g/mol. The number of phenolic OH excluding ortho intramolecular Hbond substituents is 1. The van der Waals surface area contributed by atoms with E-state index in [4.69, 9.17) is 11.6 Å². The van der Waals surface area contributed by atoms with E-state index >= 15 is 0 Å². The molecule has 1 N–H and O–H groups in total. The van der Waals surface area contributed by atoms with Crippen molar-refractivity contribution in [3.8, 4) is 5.75 Å². The summed E-state index contributed by atoms with van der Waals surface area (Å²) in [6.45, 7) is 3.10.